The Morgan fingerprint density at radius 1 is 1.23 bits per heavy atom. The lowest BCUT2D eigenvalue weighted by Crippen LogP contribution is -2.13. The van der Waals surface area contributed by atoms with E-state index in [0.717, 1.165) is 30.3 Å². The number of nitrogens with zero attached hydrogens (tertiary/aromatic N) is 3. The summed E-state index contributed by atoms with van der Waals surface area (Å²) in [6.45, 7) is 4.13. The van der Waals surface area contributed by atoms with Crippen molar-refractivity contribution in [2.45, 2.75) is 26.6 Å². The van der Waals surface area contributed by atoms with Crippen molar-refractivity contribution in [1.82, 2.24) is 9.78 Å². The fraction of sp³-hybridized carbons (Fsp3) is 0.200. The maximum atomic E-state index is 12.9. The average Bonchev–Trinajstić information content (AvgIpc) is 3.08. The second kappa shape index (κ2) is 8.46. The van der Waals surface area contributed by atoms with Crippen molar-refractivity contribution >= 4 is 17.3 Å². The first-order valence-corrected chi connectivity index (χ1v) is 9.07. The van der Waals surface area contributed by atoms with Crippen molar-refractivity contribution in [1.29, 1.82) is 0 Å². The molecule has 3 aromatic rings. The molecule has 162 valence electrons. The van der Waals surface area contributed by atoms with Crippen LogP contribution in [-0.2, 0) is 12.7 Å². The summed E-state index contributed by atoms with van der Waals surface area (Å²) in [5, 5.41) is 17.9. The fourth-order valence-corrected chi connectivity index (χ4v) is 2.88. The van der Waals surface area contributed by atoms with Gasteiger partial charge in [0.15, 0.2) is 0 Å². The number of alkyl halides is 3. The van der Waals surface area contributed by atoms with Crippen LogP contribution in [0, 0.1) is 17.0 Å². The molecule has 1 amide bonds. The van der Waals surface area contributed by atoms with Gasteiger partial charge in [-0.2, -0.15) is 18.3 Å². The zero-order valence-corrected chi connectivity index (χ0v) is 16.4. The van der Waals surface area contributed by atoms with E-state index in [9.17, 15) is 28.1 Å². The third kappa shape index (κ3) is 5.00. The number of carbonyl (C=O) groups is 1. The fourth-order valence-electron chi connectivity index (χ4n) is 2.88. The van der Waals surface area contributed by atoms with E-state index in [1.54, 1.807) is 11.6 Å². The normalized spacial score (nSPS) is 11.3. The zero-order valence-electron chi connectivity index (χ0n) is 16.4. The zero-order chi connectivity index (χ0) is 22.8. The Balaban J connectivity index is 1.90. The average molecular weight is 434 g/mol. The molecule has 0 fully saturated rings. The van der Waals surface area contributed by atoms with Crippen LogP contribution in [0.3, 0.4) is 0 Å². The van der Waals surface area contributed by atoms with Gasteiger partial charge in [0.1, 0.15) is 11.5 Å². The number of nitrogens with one attached hydrogen (secondary N) is 1. The summed E-state index contributed by atoms with van der Waals surface area (Å²) in [4.78, 5) is 23.1. The first kappa shape index (κ1) is 21.8. The summed E-state index contributed by atoms with van der Waals surface area (Å²) in [6.07, 6.45) is -3.19. The molecule has 0 radical (unpaired) electrons. The number of nitro benzene ring substituents is 1. The molecule has 3 rings (SSSR count). The van der Waals surface area contributed by atoms with Crippen LogP contribution in [0.25, 0.3) is 0 Å². The number of aryl methyl sites for hydroxylation is 1. The molecular weight excluding hydrogens is 417 g/mol. The van der Waals surface area contributed by atoms with E-state index in [1.807, 2.05) is 6.92 Å². The molecule has 1 aromatic heterocycles. The summed E-state index contributed by atoms with van der Waals surface area (Å²) >= 11 is 0. The largest absolute Gasteiger partial charge is 0.457 e. The monoisotopic (exact) mass is 434 g/mol. The summed E-state index contributed by atoms with van der Waals surface area (Å²) < 4.78 is 45.7. The van der Waals surface area contributed by atoms with Gasteiger partial charge >= 0.3 is 6.18 Å². The molecule has 1 heterocycles. The van der Waals surface area contributed by atoms with Crippen LogP contribution in [0.2, 0.25) is 0 Å². The third-order valence-corrected chi connectivity index (χ3v) is 4.40. The number of non-ortho nitro benzene ring substituents is 1. The lowest BCUT2D eigenvalue weighted by molar-refractivity contribution is -0.384. The number of nitro groups is 1. The van der Waals surface area contributed by atoms with Crippen molar-refractivity contribution in [3.63, 3.8) is 0 Å². The van der Waals surface area contributed by atoms with E-state index >= 15 is 0 Å². The van der Waals surface area contributed by atoms with Gasteiger partial charge in [0.2, 0.25) is 0 Å². The topological polar surface area (TPSA) is 99.3 Å². The van der Waals surface area contributed by atoms with Gasteiger partial charge in [0, 0.05) is 24.4 Å². The van der Waals surface area contributed by atoms with Crippen LogP contribution in [0.15, 0.2) is 48.7 Å². The Morgan fingerprint density at radius 3 is 2.58 bits per heavy atom. The summed E-state index contributed by atoms with van der Waals surface area (Å²) in [6, 6.07) is 7.56. The number of hydrogen-bond acceptors (Lipinski definition) is 5. The Morgan fingerprint density at radius 2 is 1.97 bits per heavy atom. The number of aromatic nitrogens is 2. The van der Waals surface area contributed by atoms with E-state index in [1.165, 1.54) is 18.3 Å². The van der Waals surface area contributed by atoms with Crippen molar-refractivity contribution in [3.05, 3.63) is 75.6 Å². The molecule has 11 heteroatoms. The highest BCUT2D eigenvalue weighted by Crippen LogP contribution is 2.34. The minimum atomic E-state index is -4.57. The lowest BCUT2D eigenvalue weighted by atomic mass is 10.2. The standard InChI is InChI=1S/C20H17F3N4O4/c1-3-26-12(2)18(11-24-26)19(28)25-14-8-15(27(29)30)10-17(9-14)31-16-6-4-5-13(7-16)20(21,22)23/h4-11H,3H2,1-2H3,(H,25,28). The van der Waals surface area contributed by atoms with Crippen LogP contribution in [0.1, 0.15) is 28.5 Å². The Hall–Kier alpha value is -3.89. The molecule has 1 N–H and O–H groups in total. The SMILES string of the molecule is CCn1ncc(C(=O)Nc2cc(Oc3cccc(C(F)(F)F)c3)cc([N+](=O)[O-])c2)c1C. The molecule has 2 aromatic carbocycles. The van der Waals surface area contributed by atoms with Crippen LogP contribution in [0.5, 0.6) is 11.5 Å². The lowest BCUT2D eigenvalue weighted by Gasteiger charge is -2.11. The van der Waals surface area contributed by atoms with Gasteiger partial charge in [-0.1, -0.05) is 6.07 Å². The molecule has 0 aliphatic carbocycles. The van der Waals surface area contributed by atoms with Gasteiger partial charge in [0.05, 0.1) is 34.0 Å². The predicted molar refractivity (Wildman–Crippen MR) is 105 cm³/mol. The second-order valence-corrected chi connectivity index (χ2v) is 6.51. The number of rotatable bonds is 6. The van der Waals surface area contributed by atoms with Crippen LogP contribution in [-0.4, -0.2) is 20.6 Å². The maximum Gasteiger partial charge on any atom is 0.416 e. The van der Waals surface area contributed by atoms with Crippen molar-refractivity contribution in [2.75, 3.05) is 5.32 Å². The van der Waals surface area contributed by atoms with Gasteiger partial charge < -0.3 is 10.1 Å². The van der Waals surface area contributed by atoms with Crippen LogP contribution < -0.4 is 10.1 Å². The van der Waals surface area contributed by atoms with Crippen molar-refractivity contribution in [3.8, 4) is 11.5 Å². The summed E-state index contributed by atoms with van der Waals surface area (Å²) in [5.41, 5.74) is -0.377. The number of halogens is 3. The van der Waals surface area contributed by atoms with Crippen LogP contribution in [0.4, 0.5) is 24.5 Å². The van der Waals surface area contributed by atoms with Gasteiger partial charge in [-0.25, -0.2) is 0 Å². The van der Waals surface area contributed by atoms with Gasteiger partial charge in [-0.05, 0) is 32.0 Å². The Kier molecular flexibility index (Phi) is 5.95. The van der Waals surface area contributed by atoms with Crippen molar-refractivity contribution < 1.29 is 27.6 Å². The number of ether oxygens (including phenoxy) is 1. The number of benzene rings is 2. The molecule has 0 aliphatic rings. The number of amides is 1. The maximum absolute atomic E-state index is 12.9. The van der Waals surface area contributed by atoms with Crippen LogP contribution >= 0.6 is 0 Å². The smallest absolute Gasteiger partial charge is 0.416 e. The highest BCUT2D eigenvalue weighted by molar-refractivity contribution is 6.05. The van der Waals surface area contributed by atoms with E-state index < -0.39 is 28.3 Å². The highest BCUT2D eigenvalue weighted by atomic mass is 19.4. The predicted octanol–water partition coefficient (Wildman–Crippen LogP) is 5.18. The van der Waals surface area contributed by atoms with E-state index in [0.29, 0.717) is 12.2 Å². The quantitative estimate of drug-likeness (QED) is 0.426. The summed E-state index contributed by atoms with van der Waals surface area (Å²) in [7, 11) is 0. The number of anilines is 1. The molecular formula is C20H17F3N4O4. The first-order chi connectivity index (χ1) is 14.6. The first-order valence-electron chi connectivity index (χ1n) is 9.07. The molecule has 31 heavy (non-hydrogen) atoms. The Bertz CT molecular complexity index is 1140. The van der Waals surface area contributed by atoms with E-state index in [4.69, 9.17) is 4.74 Å². The number of carbonyl (C=O) groups excluding carboxylic acids is 1. The molecule has 0 saturated carbocycles. The van der Waals surface area contributed by atoms with Gasteiger partial charge in [-0.3, -0.25) is 19.6 Å². The minimum Gasteiger partial charge on any atom is -0.457 e. The van der Waals surface area contributed by atoms with Gasteiger partial charge in [0.25, 0.3) is 11.6 Å². The Labute approximate surface area is 174 Å². The molecule has 0 atom stereocenters. The second-order valence-electron chi connectivity index (χ2n) is 6.51. The minimum absolute atomic E-state index is 0.0461. The third-order valence-electron chi connectivity index (χ3n) is 4.40. The van der Waals surface area contributed by atoms with Gasteiger partial charge in [-0.15, -0.1) is 0 Å². The molecule has 0 saturated heterocycles. The molecule has 8 nitrogen and oxygen atoms in total. The summed E-state index contributed by atoms with van der Waals surface area (Å²) in [5.74, 6) is -0.805. The number of hydrogen-bond donors (Lipinski definition) is 1. The molecule has 0 spiro atoms. The highest BCUT2D eigenvalue weighted by Gasteiger charge is 2.30. The molecule has 0 unspecified atom stereocenters. The van der Waals surface area contributed by atoms with E-state index in [-0.39, 0.29) is 22.7 Å². The van der Waals surface area contributed by atoms with E-state index in [2.05, 4.69) is 10.4 Å². The molecule has 0 aliphatic heterocycles. The molecule has 0 bridgehead atoms. The van der Waals surface area contributed by atoms with Crippen molar-refractivity contribution in [2.24, 2.45) is 0 Å².